The van der Waals surface area contributed by atoms with Crippen molar-refractivity contribution in [2.45, 2.75) is 26.7 Å². The monoisotopic (exact) mass is 325 g/mol. The number of amides is 1. The van der Waals surface area contributed by atoms with Gasteiger partial charge in [0.25, 0.3) is 5.69 Å². The molecule has 0 atom stereocenters. The van der Waals surface area contributed by atoms with Crippen LogP contribution in [-0.2, 0) is 11.2 Å². The summed E-state index contributed by atoms with van der Waals surface area (Å²) in [7, 11) is 0. The first-order chi connectivity index (χ1) is 11.5. The Morgan fingerprint density at radius 2 is 1.88 bits per heavy atom. The molecule has 6 heteroatoms. The third kappa shape index (κ3) is 2.95. The fourth-order valence-electron chi connectivity index (χ4n) is 3.09. The summed E-state index contributed by atoms with van der Waals surface area (Å²) in [5.74, 6) is 0.164. The fraction of sp³-hybridized carbons (Fsp3) is 0.278. The minimum Gasteiger partial charge on any atom is -0.356 e. The van der Waals surface area contributed by atoms with Crippen molar-refractivity contribution in [1.29, 1.82) is 0 Å². The minimum absolute atomic E-state index is 0.114. The summed E-state index contributed by atoms with van der Waals surface area (Å²) in [4.78, 5) is 24.3. The van der Waals surface area contributed by atoms with Gasteiger partial charge in [-0.25, -0.2) is 0 Å². The summed E-state index contributed by atoms with van der Waals surface area (Å²) in [5.41, 5.74) is 4.55. The zero-order chi connectivity index (χ0) is 17.3. The normalized spacial score (nSPS) is 13.6. The summed E-state index contributed by atoms with van der Waals surface area (Å²) in [6.07, 6.45) is 1.26. The number of nitro groups is 1. The van der Waals surface area contributed by atoms with Crippen molar-refractivity contribution in [2.75, 3.05) is 16.8 Å². The molecule has 124 valence electrons. The van der Waals surface area contributed by atoms with Crippen LogP contribution in [0.1, 0.15) is 24.5 Å². The van der Waals surface area contributed by atoms with Gasteiger partial charge in [0.15, 0.2) is 0 Å². The molecule has 0 fully saturated rings. The number of anilines is 3. The topological polar surface area (TPSA) is 75.5 Å². The highest BCUT2D eigenvalue weighted by atomic mass is 16.6. The molecule has 0 aromatic heterocycles. The van der Waals surface area contributed by atoms with Crippen molar-refractivity contribution in [2.24, 2.45) is 0 Å². The average molecular weight is 325 g/mol. The van der Waals surface area contributed by atoms with Crippen LogP contribution < -0.4 is 10.2 Å². The molecule has 6 nitrogen and oxygen atoms in total. The molecule has 0 aliphatic carbocycles. The van der Waals surface area contributed by atoms with Crippen LogP contribution in [0.25, 0.3) is 0 Å². The molecule has 1 amide bonds. The highest BCUT2D eigenvalue weighted by Crippen LogP contribution is 2.31. The summed E-state index contributed by atoms with van der Waals surface area (Å²) in [6, 6.07) is 10.9. The quantitative estimate of drug-likeness (QED) is 0.682. The van der Waals surface area contributed by atoms with E-state index in [1.807, 2.05) is 25.1 Å². The molecule has 0 radical (unpaired) electrons. The van der Waals surface area contributed by atoms with Crippen molar-refractivity contribution in [3.05, 3.63) is 57.6 Å². The maximum Gasteiger partial charge on any atom is 0.272 e. The van der Waals surface area contributed by atoms with Gasteiger partial charge in [0, 0.05) is 41.7 Å². The van der Waals surface area contributed by atoms with Gasteiger partial charge in [0.1, 0.15) is 0 Å². The van der Waals surface area contributed by atoms with Crippen LogP contribution in [0.3, 0.4) is 0 Å². The molecule has 0 saturated carbocycles. The van der Waals surface area contributed by atoms with Crippen LogP contribution >= 0.6 is 0 Å². The highest BCUT2D eigenvalue weighted by molar-refractivity contribution is 5.96. The predicted molar refractivity (Wildman–Crippen MR) is 93.9 cm³/mol. The number of aryl methyl sites for hydroxylation is 2. The fourth-order valence-corrected chi connectivity index (χ4v) is 3.09. The first-order valence-electron chi connectivity index (χ1n) is 7.95. The van der Waals surface area contributed by atoms with Gasteiger partial charge in [-0.2, -0.15) is 0 Å². The number of carbonyl (C=O) groups is 1. The van der Waals surface area contributed by atoms with Gasteiger partial charge in [-0.15, -0.1) is 0 Å². The molecule has 1 N–H and O–H groups in total. The number of fused-ring (bicyclic) bond motifs is 1. The van der Waals surface area contributed by atoms with E-state index in [0.29, 0.717) is 18.5 Å². The van der Waals surface area contributed by atoms with Crippen LogP contribution in [0, 0.1) is 17.0 Å². The molecule has 1 aliphatic heterocycles. The van der Waals surface area contributed by atoms with E-state index in [1.165, 1.54) is 6.07 Å². The maximum atomic E-state index is 11.9. The van der Waals surface area contributed by atoms with Crippen LogP contribution in [0.2, 0.25) is 0 Å². The Hall–Kier alpha value is -2.89. The van der Waals surface area contributed by atoms with Crippen molar-refractivity contribution >= 4 is 28.7 Å². The second-order valence-electron chi connectivity index (χ2n) is 5.86. The van der Waals surface area contributed by atoms with Crippen molar-refractivity contribution in [1.82, 2.24) is 0 Å². The molecule has 3 rings (SSSR count). The van der Waals surface area contributed by atoms with Gasteiger partial charge in [0.2, 0.25) is 5.91 Å². The SMILES string of the molecule is CCN1C(=O)CCc2cc(Nc3ccc([N+](=O)[O-])c(C)c3)ccc21. The first-order valence-corrected chi connectivity index (χ1v) is 7.95. The van der Waals surface area contributed by atoms with Gasteiger partial charge in [-0.05, 0) is 56.2 Å². The molecule has 0 saturated heterocycles. The van der Waals surface area contributed by atoms with Gasteiger partial charge in [-0.3, -0.25) is 14.9 Å². The average Bonchev–Trinajstić information content (AvgIpc) is 2.54. The molecule has 0 unspecified atom stereocenters. The van der Waals surface area contributed by atoms with Crippen LogP contribution in [0.5, 0.6) is 0 Å². The number of hydrogen-bond acceptors (Lipinski definition) is 4. The largest absolute Gasteiger partial charge is 0.356 e. The van der Waals surface area contributed by atoms with E-state index >= 15 is 0 Å². The minimum atomic E-state index is -0.381. The number of nitro benzene ring substituents is 1. The lowest BCUT2D eigenvalue weighted by molar-refractivity contribution is -0.385. The lowest BCUT2D eigenvalue weighted by Gasteiger charge is -2.28. The van der Waals surface area contributed by atoms with E-state index in [4.69, 9.17) is 0 Å². The molecule has 1 aliphatic rings. The van der Waals surface area contributed by atoms with E-state index < -0.39 is 0 Å². The molecular formula is C18H19N3O3. The Morgan fingerprint density at radius 1 is 1.17 bits per heavy atom. The Bertz CT molecular complexity index is 817. The van der Waals surface area contributed by atoms with E-state index in [-0.39, 0.29) is 16.5 Å². The van der Waals surface area contributed by atoms with Crippen LogP contribution in [0.4, 0.5) is 22.7 Å². The third-order valence-electron chi connectivity index (χ3n) is 4.28. The summed E-state index contributed by atoms with van der Waals surface area (Å²) < 4.78 is 0. The highest BCUT2D eigenvalue weighted by Gasteiger charge is 2.22. The lowest BCUT2D eigenvalue weighted by atomic mass is 10.0. The summed E-state index contributed by atoms with van der Waals surface area (Å²) >= 11 is 0. The number of nitrogens with zero attached hydrogens (tertiary/aromatic N) is 2. The number of hydrogen-bond donors (Lipinski definition) is 1. The zero-order valence-corrected chi connectivity index (χ0v) is 13.7. The van der Waals surface area contributed by atoms with E-state index in [0.717, 1.165) is 29.0 Å². The molecule has 0 bridgehead atoms. The van der Waals surface area contributed by atoms with Gasteiger partial charge < -0.3 is 10.2 Å². The lowest BCUT2D eigenvalue weighted by Crippen LogP contribution is -2.34. The molecular weight excluding hydrogens is 306 g/mol. The second-order valence-corrected chi connectivity index (χ2v) is 5.86. The molecule has 2 aromatic carbocycles. The first kappa shape index (κ1) is 16.0. The number of benzene rings is 2. The smallest absolute Gasteiger partial charge is 0.272 e. The van der Waals surface area contributed by atoms with Crippen LogP contribution in [-0.4, -0.2) is 17.4 Å². The van der Waals surface area contributed by atoms with Crippen molar-refractivity contribution in [3.63, 3.8) is 0 Å². The number of nitrogens with one attached hydrogen (secondary N) is 1. The standard InChI is InChI=1S/C18H19N3O3/c1-3-20-17-8-6-15(11-13(17)4-9-18(20)22)19-14-5-7-16(21(23)24)12(2)10-14/h5-8,10-11,19H,3-4,9H2,1-2H3. The van der Waals surface area contributed by atoms with Gasteiger partial charge in [0.05, 0.1) is 4.92 Å². The van der Waals surface area contributed by atoms with Crippen molar-refractivity contribution < 1.29 is 9.72 Å². The maximum absolute atomic E-state index is 11.9. The molecule has 24 heavy (non-hydrogen) atoms. The number of rotatable bonds is 4. The second kappa shape index (κ2) is 6.31. The van der Waals surface area contributed by atoms with Crippen LogP contribution in [0.15, 0.2) is 36.4 Å². The zero-order valence-electron chi connectivity index (χ0n) is 13.7. The number of carbonyl (C=O) groups excluding carboxylic acids is 1. The van der Waals surface area contributed by atoms with E-state index in [2.05, 4.69) is 5.32 Å². The predicted octanol–water partition coefficient (Wildman–Crippen LogP) is 3.95. The molecule has 1 heterocycles. The van der Waals surface area contributed by atoms with Gasteiger partial charge in [-0.1, -0.05) is 0 Å². The Labute approximate surface area is 140 Å². The third-order valence-corrected chi connectivity index (χ3v) is 4.28. The summed E-state index contributed by atoms with van der Waals surface area (Å²) in [5, 5.41) is 14.2. The van der Waals surface area contributed by atoms with Crippen molar-refractivity contribution in [3.8, 4) is 0 Å². The Balaban J connectivity index is 1.86. The summed E-state index contributed by atoms with van der Waals surface area (Å²) in [6.45, 7) is 4.36. The van der Waals surface area contributed by atoms with E-state index in [9.17, 15) is 14.9 Å². The van der Waals surface area contributed by atoms with E-state index in [1.54, 1.807) is 24.0 Å². The Kier molecular flexibility index (Phi) is 4.20. The van der Waals surface area contributed by atoms with Gasteiger partial charge >= 0.3 is 0 Å². The molecule has 2 aromatic rings. The molecule has 0 spiro atoms. The Morgan fingerprint density at radius 3 is 2.54 bits per heavy atom.